The Balaban J connectivity index is 2.55. The Morgan fingerprint density at radius 2 is 1.81 bits per heavy atom. The molecule has 1 unspecified atom stereocenters. The monoisotopic (exact) mass is 299 g/mol. The summed E-state index contributed by atoms with van der Waals surface area (Å²) in [5.74, 6) is -0.416. The summed E-state index contributed by atoms with van der Waals surface area (Å²) in [5, 5.41) is 12.3. The normalized spacial score (nSPS) is 19.7. The molecule has 21 heavy (non-hydrogen) atoms. The van der Waals surface area contributed by atoms with E-state index >= 15 is 0 Å². The highest BCUT2D eigenvalue weighted by Crippen LogP contribution is 2.31. The molecule has 1 saturated heterocycles. The van der Waals surface area contributed by atoms with Crippen molar-refractivity contribution in [3.63, 3.8) is 0 Å². The van der Waals surface area contributed by atoms with E-state index in [9.17, 15) is 14.7 Å². The van der Waals surface area contributed by atoms with Gasteiger partial charge in [0, 0.05) is 25.7 Å². The van der Waals surface area contributed by atoms with E-state index in [1.807, 2.05) is 14.1 Å². The van der Waals surface area contributed by atoms with Crippen LogP contribution in [0.25, 0.3) is 0 Å². The molecular formula is C15H29N3O3. The molecule has 0 bridgehead atoms. The fraction of sp³-hybridized carbons (Fsp3) is 0.867. The summed E-state index contributed by atoms with van der Waals surface area (Å²) in [7, 11) is 3.97. The van der Waals surface area contributed by atoms with Gasteiger partial charge in [0.2, 0.25) is 0 Å². The predicted octanol–water partition coefficient (Wildman–Crippen LogP) is 1.47. The molecule has 1 aliphatic heterocycles. The number of carboxylic acid groups (broad SMARTS) is 1. The van der Waals surface area contributed by atoms with Gasteiger partial charge in [-0.25, -0.2) is 4.79 Å². The lowest BCUT2D eigenvalue weighted by Gasteiger charge is -2.37. The number of aliphatic carboxylic acids is 1. The number of rotatable bonds is 5. The molecule has 122 valence electrons. The molecule has 6 nitrogen and oxygen atoms in total. The van der Waals surface area contributed by atoms with Crippen LogP contribution in [0.1, 0.15) is 33.6 Å². The lowest BCUT2D eigenvalue weighted by atomic mass is 9.80. The minimum absolute atomic E-state index is 0.0806. The molecule has 1 heterocycles. The van der Waals surface area contributed by atoms with Gasteiger partial charge in [0.15, 0.2) is 0 Å². The Bertz CT molecular complexity index is 374. The van der Waals surface area contributed by atoms with Gasteiger partial charge in [-0.2, -0.15) is 0 Å². The average Bonchev–Trinajstić information content (AvgIpc) is 2.37. The van der Waals surface area contributed by atoms with E-state index in [0.29, 0.717) is 31.8 Å². The average molecular weight is 299 g/mol. The van der Waals surface area contributed by atoms with E-state index in [-0.39, 0.29) is 12.1 Å². The predicted molar refractivity (Wildman–Crippen MR) is 82.3 cm³/mol. The summed E-state index contributed by atoms with van der Waals surface area (Å²) in [4.78, 5) is 27.3. The van der Waals surface area contributed by atoms with Crippen LogP contribution in [0.3, 0.4) is 0 Å². The van der Waals surface area contributed by atoms with Crippen molar-refractivity contribution in [3.05, 3.63) is 0 Å². The van der Waals surface area contributed by atoms with E-state index in [1.165, 1.54) is 0 Å². The van der Waals surface area contributed by atoms with Crippen molar-refractivity contribution < 1.29 is 14.7 Å². The number of likely N-dealkylation sites (tertiary alicyclic amines) is 1. The molecule has 0 saturated carbocycles. The van der Waals surface area contributed by atoms with Crippen LogP contribution in [0, 0.1) is 11.3 Å². The van der Waals surface area contributed by atoms with Gasteiger partial charge in [-0.15, -0.1) is 0 Å². The van der Waals surface area contributed by atoms with Gasteiger partial charge in [-0.05, 0) is 39.8 Å². The zero-order valence-electron chi connectivity index (χ0n) is 13.8. The molecule has 0 aromatic rings. The van der Waals surface area contributed by atoms with Crippen LogP contribution in [0.5, 0.6) is 0 Å². The van der Waals surface area contributed by atoms with E-state index in [4.69, 9.17) is 0 Å². The number of carbonyl (C=O) groups is 2. The molecule has 1 fully saturated rings. The summed E-state index contributed by atoms with van der Waals surface area (Å²) >= 11 is 0. The Hall–Kier alpha value is -1.30. The molecule has 0 aromatic heterocycles. The van der Waals surface area contributed by atoms with Crippen molar-refractivity contribution >= 4 is 12.0 Å². The Morgan fingerprint density at radius 1 is 1.29 bits per heavy atom. The van der Waals surface area contributed by atoms with Crippen LogP contribution >= 0.6 is 0 Å². The summed E-state index contributed by atoms with van der Waals surface area (Å²) < 4.78 is 0. The molecule has 0 radical (unpaired) electrons. The first-order chi connectivity index (χ1) is 9.65. The standard InChI is InChI=1S/C15H29N3O3/c1-11(2)12(10-17(4)5)16-14(21)18-8-6-15(3,7-9-18)13(19)20/h11-12H,6-10H2,1-5H3,(H,16,21)(H,19,20). The van der Waals surface area contributed by atoms with Crippen LogP contribution in [-0.2, 0) is 4.79 Å². The molecule has 1 aliphatic rings. The Kier molecular flexibility index (Phi) is 6.01. The zero-order chi connectivity index (χ0) is 16.2. The third kappa shape index (κ3) is 4.88. The number of likely N-dealkylation sites (N-methyl/N-ethyl adjacent to an activating group) is 1. The van der Waals surface area contributed by atoms with Crippen LogP contribution in [0.4, 0.5) is 4.79 Å². The smallest absolute Gasteiger partial charge is 0.317 e. The van der Waals surface area contributed by atoms with Crippen LogP contribution < -0.4 is 5.32 Å². The van der Waals surface area contributed by atoms with Gasteiger partial charge < -0.3 is 20.2 Å². The molecule has 2 amide bonds. The Labute approximate surface area is 127 Å². The number of carboxylic acids is 1. The minimum atomic E-state index is -0.768. The van der Waals surface area contributed by atoms with Crippen molar-refractivity contribution in [1.82, 2.24) is 15.1 Å². The van der Waals surface area contributed by atoms with Gasteiger partial charge in [0.05, 0.1) is 5.41 Å². The molecular weight excluding hydrogens is 270 g/mol. The first-order valence-corrected chi connectivity index (χ1v) is 7.59. The van der Waals surface area contributed by atoms with Gasteiger partial charge in [0.25, 0.3) is 0 Å². The van der Waals surface area contributed by atoms with Crippen molar-refractivity contribution in [1.29, 1.82) is 0 Å². The summed E-state index contributed by atoms with van der Waals surface area (Å²) in [5.41, 5.74) is -0.697. The second kappa shape index (κ2) is 7.11. The van der Waals surface area contributed by atoms with E-state index in [1.54, 1.807) is 11.8 Å². The largest absolute Gasteiger partial charge is 0.481 e. The SMILES string of the molecule is CC(C)C(CN(C)C)NC(=O)N1CCC(C)(C(=O)O)CC1. The molecule has 1 rings (SSSR count). The highest BCUT2D eigenvalue weighted by molar-refractivity contribution is 5.77. The molecule has 0 aliphatic carbocycles. The summed E-state index contributed by atoms with van der Waals surface area (Å²) in [6, 6.07) is 0.0169. The maximum Gasteiger partial charge on any atom is 0.317 e. The summed E-state index contributed by atoms with van der Waals surface area (Å²) in [6.45, 7) is 7.73. The van der Waals surface area contributed by atoms with Crippen molar-refractivity contribution in [2.24, 2.45) is 11.3 Å². The van der Waals surface area contributed by atoms with Crippen LogP contribution in [0.15, 0.2) is 0 Å². The van der Waals surface area contributed by atoms with Gasteiger partial charge >= 0.3 is 12.0 Å². The maximum absolute atomic E-state index is 12.3. The number of hydrogen-bond acceptors (Lipinski definition) is 3. The lowest BCUT2D eigenvalue weighted by molar-refractivity contribution is -0.150. The number of urea groups is 1. The zero-order valence-corrected chi connectivity index (χ0v) is 13.8. The molecule has 0 spiro atoms. The van der Waals surface area contributed by atoms with E-state index in [0.717, 1.165) is 6.54 Å². The number of nitrogens with one attached hydrogen (secondary N) is 1. The highest BCUT2D eigenvalue weighted by Gasteiger charge is 2.38. The van der Waals surface area contributed by atoms with Crippen LogP contribution in [-0.4, -0.2) is 66.7 Å². The van der Waals surface area contributed by atoms with Gasteiger partial charge in [-0.1, -0.05) is 13.8 Å². The second-order valence-corrected chi connectivity index (χ2v) is 6.92. The minimum Gasteiger partial charge on any atom is -0.481 e. The molecule has 1 atom stereocenters. The lowest BCUT2D eigenvalue weighted by Crippen LogP contribution is -2.53. The third-order valence-electron chi connectivity index (χ3n) is 4.35. The van der Waals surface area contributed by atoms with E-state index in [2.05, 4.69) is 24.1 Å². The fourth-order valence-electron chi connectivity index (χ4n) is 2.48. The van der Waals surface area contributed by atoms with Crippen molar-refractivity contribution in [2.75, 3.05) is 33.7 Å². The highest BCUT2D eigenvalue weighted by atomic mass is 16.4. The molecule has 6 heteroatoms. The quantitative estimate of drug-likeness (QED) is 0.806. The van der Waals surface area contributed by atoms with Crippen LogP contribution in [0.2, 0.25) is 0 Å². The number of carbonyl (C=O) groups excluding carboxylic acids is 1. The van der Waals surface area contributed by atoms with Crippen molar-refractivity contribution in [3.8, 4) is 0 Å². The number of nitrogens with zero attached hydrogens (tertiary/aromatic N) is 2. The molecule has 2 N–H and O–H groups in total. The topological polar surface area (TPSA) is 72.9 Å². The number of amides is 2. The van der Waals surface area contributed by atoms with Gasteiger partial charge in [-0.3, -0.25) is 4.79 Å². The second-order valence-electron chi connectivity index (χ2n) is 6.92. The molecule has 0 aromatic carbocycles. The van der Waals surface area contributed by atoms with Gasteiger partial charge in [0.1, 0.15) is 0 Å². The van der Waals surface area contributed by atoms with E-state index < -0.39 is 11.4 Å². The first kappa shape index (κ1) is 17.8. The van der Waals surface area contributed by atoms with Crippen molar-refractivity contribution in [2.45, 2.75) is 39.7 Å². The maximum atomic E-state index is 12.3. The number of piperidine rings is 1. The Morgan fingerprint density at radius 3 is 2.19 bits per heavy atom. The number of hydrogen-bond donors (Lipinski definition) is 2. The third-order valence-corrected chi connectivity index (χ3v) is 4.35. The summed E-state index contributed by atoms with van der Waals surface area (Å²) in [6.07, 6.45) is 1.02. The fourth-order valence-corrected chi connectivity index (χ4v) is 2.48. The first-order valence-electron chi connectivity index (χ1n) is 7.59.